The molecule has 0 fully saturated rings. The van der Waals surface area contributed by atoms with Gasteiger partial charge in [0, 0.05) is 0 Å². The van der Waals surface area contributed by atoms with E-state index in [1.54, 1.807) is 0 Å². The summed E-state index contributed by atoms with van der Waals surface area (Å²) in [7, 11) is 3.83. The molecule has 11 heavy (non-hydrogen) atoms. The minimum absolute atomic E-state index is 0.170. The van der Waals surface area contributed by atoms with Crippen molar-refractivity contribution in [2.45, 2.75) is 13.3 Å². The quantitative estimate of drug-likeness (QED) is 0.589. The summed E-state index contributed by atoms with van der Waals surface area (Å²) in [4.78, 5) is 1.93. The van der Waals surface area contributed by atoms with Crippen LogP contribution in [0.1, 0.15) is 5.82 Å². The van der Waals surface area contributed by atoms with E-state index >= 15 is 0 Å². The third kappa shape index (κ3) is 1.95. The summed E-state index contributed by atoms with van der Waals surface area (Å²) in [6.07, 6.45) is 0. The second kappa shape index (κ2) is 3.40. The number of nitrogens with zero attached hydrogens (tertiary/aromatic N) is 5. The van der Waals surface area contributed by atoms with Gasteiger partial charge in [0.2, 0.25) is 0 Å². The van der Waals surface area contributed by atoms with Gasteiger partial charge in [-0.05, 0) is 24.5 Å². The van der Waals surface area contributed by atoms with Gasteiger partial charge in [-0.25, -0.2) is 4.68 Å². The number of rotatable bonds is 3. The van der Waals surface area contributed by atoms with E-state index in [0.717, 1.165) is 0 Å². The number of aliphatic hydroxyl groups is 1. The number of hydrogen-bond donors (Lipinski definition) is 1. The fraction of sp³-hybridized carbons (Fsp3) is 0.800. The molecule has 0 aromatic carbocycles. The molecule has 6 nitrogen and oxygen atoms in total. The lowest BCUT2D eigenvalue weighted by Gasteiger charge is -2.07. The average Bonchev–Trinajstić information content (AvgIpc) is 2.34. The second-order valence-corrected chi connectivity index (χ2v) is 2.47. The van der Waals surface area contributed by atoms with Gasteiger partial charge in [-0.2, -0.15) is 0 Å². The van der Waals surface area contributed by atoms with Gasteiger partial charge in [-0.15, -0.1) is 5.10 Å². The van der Waals surface area contributed by atoms with Gasteiger partial charge in [-0.1, -0.05) is 0 Å². The van der Waals surface area contributed by atoms with Crippen LogP contribution in [0.3, 0.4) is 0 Å². The summed E-state index contributed by atoms with van der Waals surface area (Å²) in [5.41, 5.74) is 0. The predicted octanol–water partition coefficient (Wildman–Crippen LogP) is -1.32. The molecule has 0 aliphatic carbocycles. The van der Waals surface area contributed by atoms with Crippen molar-refractivity contribution >= 4 is 0 Å². The molecule has 0 spiro atoms. The fourth-order valence-corrected chi connectivity index (χ4v) is 0.729. The van der Waals surface area contributed by atoms with Crippen molar-refractivity contribution in [2.75, 3.05) is 14.1 Å². The highest BCUT2D eigenvalue weighted by molar-refractivity contribution is 4.78. The first-order chi connectivity index (χ1) is 5.24. The Labute approximate surface area is 64.4 Å². The monoisotopic (exact) mass is 157 g/mol. The molecule has 6 heteroatoms. The second-order valence-electron chi connectivity index (χ2n) is 2.47. The van der Waals surface area contributed by atoms with E-state index in [-0.39, 0.29) is 6.73 Å². The Kier molecular flexibility index (Phi) is 2.50. The van der Waals surface area contributed by atoms with Crippen LogP contribution in [-0.4, -0.2) is 44.3 Å². The lowest BCUT2D eigenvalue weighted by atomic mass is 10.5. The number of aromatic nitrogens is 4. The Balaban J connectivity index is 2.68. The summed E-state index contributed by atoms with van der Waals surface area (Å²) in [5.74, 6) is 0.664. The molecule has 0 aliphatic rings. The van der Waals surface area contributed by atoms with Crippen molar-refractivity contribution in [3.8, 4) is 0 Å². The van der Waals surface area contributed by atoms with Crippen LogP contribution in [0.5, 0.6) is 0 Å². The standard InChI is InChI=1S/C5H11N5O/c1-9(2)3-5-6-7-8-10(5)4-11/h11H,3-4H2,1-2H3. The van der Waals surface area contributed by atoms with E-state index in [9.17, 15) is 0 Å². The number of tetrazole rings is 1. The Bertz CT molecular complexity index is 220. The molecule has 1 aromatic rings. The summed E-state index contributed by atoms with van der Waals surface area (Å²) < 4.78 is 1.35. The molecule has 1 rings (SSSR count). The van der Waals surface area contributed by atoms with Gasteiger partial charge < -0.3 is 10.0 Å². The van der Waals surface area contributed by atoms with Crippen LogP contribution in [-0.2, 0) is 13.3 Å². The van der Waals surface area contributed by atoms with Crippen molar-refractivity contribution in [3.05, 3.63) is 5.82 Å². The van der Waals surface area contributed by atoms with Crippen LogP contribution in [0, 0.1) is 0 Å². The first-order valence-electron chi connectivity index (χ1n) is 3.24. The van der Waals surface area contributed by atoms with Crippen LogP contribution < -0.4 is 0 Å². The summed E-state index contributed by atoms with van der Waals surface area (Å²) in [6.45, 7) is 0.462. The molecule has 0 radical (unpaired) electrons. The average molecular weight is 157 g/mol. The largest absolute Gasteiger partial charge is 0.374 e. The van der Waals surface area contributed by atoms with E-state index in [1.165, 1.54) is 4.68 Å². The van der Waals surface area contributed by atoms with Crippen molar-refractivity contribution < 1.29 is 5.11 Å². The van der Waals surface area contributed by atoms with Crippen LogP contribution in [0.25, 0.3) is 0 Å². The maximum atomic E-state index is 8.72. The highest BCUT2D eigenvalue weighted by Gasteiger charge is 2.04. The van der Waals surface area contributed by atoms with Gasteiger partial charge in [0.1, 0.15) is 6.73 Å². The van der Waals surface area contributed by atoms with Crippen molar-refractivity contribution in [2.24, 2.45) is 0 Å². The van der Waals surface area contributed by atoms with Crippen LogP contribution in [0.4, 0.5) is 0 Å². The lowest BCUT2D eigenvalue weighted by Crippen LogP contribution is -2.16. The summed E-state index contributed by atoms with van der Waals surface area (Å²) >= 11 is 0. The predicted molar refractivity (Wildman–Crippen MR) is 37.4 cm³/mol. The maximum absolute atomic E-state index is 8.72. The van der Waals surface area contributed by atoms with Crippen LogP contribution in [0.2, 0.25) is 0 Å². The zero-order chi connectivity index (χ0) is 8.27. The van der Waals surface area contributed by atoms with Crippen molar-refractivity contribution in [1.29, 1.82) is 0 Å². The Morgan fingerprint density at radius 2 is 2.27 bits per heavy atom. The fourth-order valence-electron chi connectivity index (χ4n) is 0.729. The van der Waals surface area contributed by atoms with Gasteiger partial charge in [-0.3, -0.25) is 0 Å². The zero-order valence-corrected chi connectivity index (χ0v) is 6.60. The summed E-state index contributed by atoms with van der Waals surface area (Å²) in [5, 5.41) is 19.4. The molecule has 1 heterocycles. The first kappa shape index (κ1) is 8.09. The SMILES string of the molecule is CN(C)Cc1nnnn1CO. The molecule has 0 saturated heterocycles. The van der Waals surface area contributed by atoms with E-state index in [4.69, 9.17) is 5.11 Å². The lowest BCUT2D eigenvalue weighted by molar-refractivity contribution is 0.184. The third-order valence-electron chi connectivity index (χ3n) is 1.20. The molecule has 0 bridgehead atoms. The molecule has 0 atom stereocenters. The van der Waals surface area contributed by atoms with E-state index in [2.05, 4.69) is 15.5 Å². The number of hydrogen-bond acceptors (Lipinski definition) is 5. The first-order valence-corrected chi connectivity index (χ1v) is 3.24. The van der Waals surface area contributed by atoms with E-state index in [1.807, 2.05) is 19.0 Å². The molecule has 0 aliphatic heterocycles. The molecule has 0 amide bonds. The molecule has 0 saturated carbocycles. The minimum atomic E-state index is -0.170. The molecule has 1 N–H and O–H groups in total. The van der Waals surface area contributed by atoms with E-state index < -0.39 is 0 Å². The summed E-state index contributed by atoms with van der Waals surface area (Å²) in [6, 6.07) is 0. The van der Waals surface area contributed by atoms with Crippen molar-refractivity contribution in [3.63, 3.8) is 0 Å². The van der Waals surface area contributed by atoms with Gasteiger partial charge in [0.25, 0.3) is 0 Å². The highest BCUT2D eigenvalue weighted by Crippen LogP contribution is 1.93. The minimum Gasteiger partial charge on any atom is -0.374 e. The smallest absolute Gasteiger partial charge is 0.167 e. The molecule has 1 aromatic heterocycles. The van der Waals surface area contributed by atoms with Gasteiger partial charge in [0.15, 0.2) is 5.82 Å². The van der Waals surface area contributed by atoms with Crippen molar-refractivity contribution in [1.82, 2.24) is 25.1 Å². The van der Waals surface area contributed by atoms with Crippen LogP contribution >= 0.6 is 0 Å². The molecule has 0 unspecified atom stereocenters. The van der Waals surface area contributed by atoms with Gasteiger partial charge in [0.05, 0.1) is 6.54 Å². The number of aliphatic hydroxyl groups excluding tert-OH is 1. The van der Waals surface area contributed by atoms with Gasteiger partial charge >= 0.3 is 0 Å². The van der Waals surface area contributed by atoms with E-state index in [0.29, 0.717) is 12.4 Å². The Morgan fingerprint density at radius 1 is 1.55 bits per heavy atom. The zero-order valence-electron chi connectivity index (χ0n) is 6.60. The molecular weight excluding hydrogens is 146 g/mol. The topological polar surface area (TPSA) is 67.1 Å². The van der Waals surface area contributed by atoms with Crippen LogP contribution in [0.15, 0.2) is 0 Å². The highest BCUT2D eigenvalue weighted by atomic mass is 16.3. The Hall–Kier alpha value is -1.01. The molecule has 62 valence electrons. The maximum Gasteiger partial charge on any atom is 0.167 e. The normalized spacial score (nSPS) is 10.9. The third-order valence-corrected chi connectivity index (χ3v) is 1.20. The Morgan fingerprint density at radius 3 is 2.82 bits per heavy atom. The molecular formula is C5H11N5O.